The van der Waals surface area contributed by atoms with Gasteiger partial charge in [0, 0.05) is 24.0 Å². The smallest absolute Gasteiger partial charge is 0.185 e. The summed E-state index contributed by atoms with van der Waals surface area (Å²) in [5.41, 5.74) is 2.63. The van der Waals surface area contributed by atoms with Gasteiger partial charge in [-0.05, 0) is 6.42 Å². The van der Waals surface area contributed by atoms with E-state index in [0.717, 1.165) is 21.9 Å². The van der Waals surface area contributed by atoms with Crippen molar-refractivity contribution in [3.8, 4) is 11.3 Å². The van der Waals surface area contributed by atoms with E-state index in [1.165, 1.54) is 11.3 Å². The molecule has 1 aliphatic rings. The van der Waals surface area contributed by atoms with Crippen molar-refractivity contribution in [3.63, 3.8) is 0 Å². The van der Waals surface area contributed by atoms with E-state index in [2.05, 4.69) is 4.98 Å². The third kappa shape index (κ3) is 3.13. The maximum absolute atomic E-state index is 11.6. The van der Waals surface area contributed by atoms with Crippen molar-refractivity contribution in [1.29, 1.82) is 0 Å². The molecule has 2 radical (unpaired) electrons. The van der Waals surface area contributed by atoms with Gasteiger partial charge >= 0.3 is 0 Å². The van der Waals surface area contributed by atoms with E-state index in [0.29, 0.717) is 6.42 Å². The van der Waals surface area contributed by atoms with E-state index in [-0.39, 0.29) is 17.5 Å². The molecule has 1 aromatic heterocycles. The van der Waals surface area contributed by atoms with Crippen molar-refractivity contribution in [2.24, 2.45) is 0 Å². The second kappa shape index (κ2) is 5.46. The van der Waals surface area contributed by atoms with Crippen LogP contribution in [0.15, 0.2) is 29.6 Å². The molecule has 1 saturated heterocycles. The number of aromatic nitrogens is 1. The number of hydrogen-bond acceptors (Lipinski definition) is 5. The van der Waals surface area contributed by atoms with Gasteiger partial charge in [-0.15, -0.1) is 11.3 Å². The summed E-state index contributed by atoms with van der Waals surface area (Å²) in [4.78, 5) is 6.59. The number of thiazole rings is 1. The van der Waals surface area contributed by atoms with Crippen molar-refractivity contribution >= 4 is 39.6 Å². The predicted octanol–water partition coefficient (Wildman–Crippen LogP) is 1.23. The normalized spacial score (nSPS) is 20.5. The zero-order valence-electron chi connectivity index (χ0n) is 11.7. The minimum absolute atomic E-state index is 0.0282. The monoisotopic (exact) mass is 318 g/mol. The number of hydrogen-bond donors (Lipinski definition) is 0. The summed E-state index contributed by atoms with van der Waals surface area (Å²) >= 11 is 1.53. The molecule has 7 heteroatoms. The van der Waals surface area contributed by atoms with Crippen LogP contribution in [-0.2, 0) is 9.84 Å². The van der Waals surface area contributed by atoms with Gasteiger partial charge in [0.05, 0.1) is 17.2 Å². The van der Waals surface area contributed by atoms with Crippen LogP contribution in [-0.4, -0.2) is 45.8 Å². The van der Waals surface area contributed by atoms with Crippen LogP contribution in [0.3, 0.4) is 0 Å². The first-order chi connectivity index (χ1) is 9.94. The largest absolute Gasteiger partial charge is 0.347 e. The van der Waals surface area contributed by atoms with Crippen molar-refractivity contribution in [2.45, 2.75) is 12.5 Å². The summed E-state index contributed by atoms with van der Waals surface area (Å²) in [6.07, 6.45) is 0.676. The molecule has 2 heterocycles. The topological polar surface area (TPSA) is 50.3 Å². The molecule has 0 N–H and O–H groups in total. The maximum Gasteiger partial charge on any atom is 0.185 e. The Kier molecular flexibility index (Phi) is 3.79. The van der Waals surface area contributed by atoms with Crippen LogP contribution in [0.1, 0.15) is 6.42 Å². The van der Waals surface area contributed by atoms with Gasteiger partial charge in [-0.3, -0.25) is 0 Å². The quantitative estimate of drug-likeness (QED) is 0.799. The highest BCUT2D eigenvalue weighted by Crippen LogP contribution is 2.29. The van der Waals surface area contributed by atoms with Crippen molar-refractivity contribution in [1.82, 2.24) is 4.98 Å². The predicted molar refractivity (Wildman–Crippen MR) is 88.4 cm³/mol. The van der Waals surface area contributed by atoms with Gasteiger partial charge in [-0.25, -0.2) is 13.4 Å². The fourth-order valence-corrected chi connectivity index (χ4v) is 5.10. The summed E-state index contributed by atoms with van der Waals surface area (Å²) in [6, 6.07) is 7.60. The van der Waals surface area contributed by atoms with E-state index in [1.54, 1.807) is 0 Å². The van der Waals surface area contributed by atoms with Gasteiger partial charge in [0.15, 0.2) is 15.0 Å². The number of rotatable bonds is 3. The molecule has 1 fully saturated rings. The first-order valence-electron chi connectivity index (χ1n) is 6.69. The molecule has 4 nitrogen and oxygen atoms in total. The Hall–Kier alpha value is -1.34. The molecule has 1 aliphatic heterocycles. The fraction of sp³-hybridized carbons (Fsp3) is 0.357. The summed E-state index contributed by atoms with van der Waals surface area (Å²) in [5, 5.41) is 2.84. The zero-order chi connectivity index (χ0) is 15.0. The molecule has 0 saturated carbocycles. The third-order valence-corrected chi connectivity index (χ3v) is 6.44. The number of sulfone groups is 1. The molecule has 2 aromatic rings. The van der Waals surface area contributed by atoms with Gasteiger partial charge in [0.2, 0.25) is 0 Å². The highest BCUT2D eigenvalue weighted by molar-refractivity contribution is 7.91. The Labute approximate surface area is 130 Å². The number of anilines is 1. The van der Waals surface area contributed by atoms with Gasteiger partial charge in [0.25, 0.3) is 0 Å². The Morgan fingerprint density at radius 2 is 2.05 bits per heavy atom. The maximum atomic E-state index is 11.6. The lowest BCUT2D eigenvalue weighted by atomic mass is 9.95. The Morgan fingerprint density at radius 3 is 2.67 bits per heavy atom. The molecule has 0 bridgehead atoms. The summed E-state index contributed by atoms with van der Waals surface area (Å²) in [6.45, 7) is 0. The Balaban J connectivity index is 1.80. The van der Waals surface area contributed by atoms with Crippen LogP contribution in [0.25, 0.3) is 11.3 Å². The Morgan fingerprint density at radius 1 is 1.33 bits per heavy atom. The third-order valence-electron chi connectivity index (χ3n) is 3.76. The summed E-state index contributed by atoms with van der Waals surface area (Å²) < 4.78 is 23.2. The minimum atomic E-state index is -2.88. The van der Waals surface area contributed by atoms with E-state index in [4.69, 9.17) is 7.85 Å². The van der Waals surface area contributed by atoms with Crippen molar-refractivity contribution < 1.29 is 8.42 Å². The molecular weight excluding hydrogens is 303 g/mol. The van der Waals surface area contributed by atoms with Crippen LogP contribution >= 0.6 is 11.3 Å². The molecular formula is C14H15BN2O2S2. The van der Waals surface area contributed by atoms with Crippen LogP contribution in [0.5, 0.6) is 0 Å². The lowest BCUT2D eigenvalue weighted by molar-refractivity contribution is 0.601. The lowest BCUT2D eigenvalue weighted by Crippen LogP contribution is -2.32. The second-order valence-corrected chi connectivity index (χ2v) is 8.37. The lowest BCUT2D eigenvalue weighted by Gasteiger charge is -2.22. The van der Waals surface area contributed by atoms with Gasteiger partial charge in [0.1, 0.15) is 7.85 Å². The van der Waals surface area contributed by atoms with E-state index >= 15 is 0 Å². The average Bonchev–Trinajstić information content (AvgIpc) is 3.05. The van der Waals surface area contributed by atoms with E-state index in [9.17, 15) is 8.42 Å². The molecule has 0 spiro atoms. The fourth-order valence-electron chi connectivity index (χ4n) is 2.45. The van der Waals surface area contributed by atoms with E-state index in [1.807, 2.05) is 41.6 Å². The molecule has 1 aromatic carbocycles. The zero-order valence-corrected chi connectivity index (χ0v) is 13.3. The Bertz CT molecular complexity index is 741. The van der Waals surface area contributed by atoms with Crippen LogP contribution in [0.4, 0.5) is 5.13 Å². The molecule has 108 valence electrons. The summed E-state index contributed by atoms with van der Waals surface area (Å²) in [7, 11) is 4.72. The van der Waals surface area contributed by atoms with Crippen molar-refractivity contribution in [3.05, 3.63) is 29.6 Å². The first-order valence-corrected chi connectivity index (χ1v) is 9.39. The number of nitrogens with zero attached hydrogens (tertiary/aromatic N) is 2. The molecule has 1 unspecified atom stereocenters. The number of benzene rings is 1. The molecule has 0 aliphatic carbocycles. The second-order valence-electron chi connectivity index (χ2n) is 5.31. The highest BCUT2D eigenvalue weighted by Gasteiger charge is 2.31. The van der Waals surface area contributed by atoms with Crippen LogP contribution in [0.2, 0.25) is 0 Å². The highest BCUT2D eigenvalue weighted by atomic mass is 32.2. The van der Waals surface area contributed by atoms with Gasteiger partial charge in [-0.1, -0.05) is 29.7 Å². The summed E-state index contributed by atoms with van der Waals surface area (Å²) in [5.74, 6) is 0.498. The molecule has 3 rings (SSSR count). The van der Waals surface area contributed by atoms with Crippen LogP contribution in [0, 0.1) is 0 Å². The molecule has 0 amide bonds. The van der Waals surface area contributed by atoms with Crippen LogP contribution < -0.4 is 10.4 Å². The molecule has 1 atom stereocenters. The van der Waals surface area contributed by atoms with Gasteiger partial charge < -0.3 is 4.90 Å². The van der Waals surface area contributed by atoms with E-state index < -0.39 is 9.84 Å². The standard InChI is InChI=1S/C14H15BN2O2S2/c1-17(12-6-7-21(18,19)9-12)14-16-13(8-20-14)10-2-4-11(15)5-3-10/h2-5,8,12H,6-7,9H2,1H3. The SMILES string of the molecule is [B]c1ccc(-c2csc(N(C)C3CCS(=O)(=O)C3)n2)cc1. The molecule has 21 heavy (non-hydrogen) atoms. The van der Waals surface area contributed by atoms with Gasteiger partial charge in [-0.2, -0.15) is 0 Å². The average molecular weight is 318 g/mol. The van der Waals surface area contributed by atoms with Crippen molar-refractivity contribution in [2.75, 3.05) is 23.5 Å². The first kappa shape index (κ1) is 14.6. The minimum Gasteiger partial charge on any atom is -0.347 e.